The molecule has 1 saturated heterocycles. The van der Waals surface area contributed by atoms with Crippen LogP contribution in [0.25, 0.3) is 6.08 Å². The Morgan fingerprint density at radius 2 is 1.89 bits per heavy atom. The standard InChI is InChI=1S/C23H26N2O2/c1-16-5-10-20-19(15-16)22(2,3)23(24-21(26)12-14-25(20)23)13-11-17-6-8-18(27-4)9-7-17/h5-11,13,15H,12,14H2,1-4H3,(H,24,26). The van der Waals surface area contributed by atoms with Crippen molar-refractivity contribution in [1.29, 1.82) is 0 Å². The Morgan fingerprint density at radius 1 is 1.15 bits per heavy atom. The van der Waals surface area contributed by atoms with Gasteiger partial charge in [0.15, 0.2) is 0 Å². The summed E-state index contributed by atoms with van der Waals surface area (Å²) in [6.45, 7) is 7.27. The van der Waals surface area contributed by atoms with Crippen molar-refractivity contribution in [3.05, 3.63) is 65.2 Å². The predicted molar refractivity (Wildman–Crippen MR) is 109 cm³/mol. The summed E-state index contributed by atoms with van der Waals surface area (Å²) >= 11 is 0. The molecule has 0 radical (unpaired) electrons. The maximum Gasteiger partial charge on any atom is 0.223 e. The molecule has 27 heavy (non-hydrogen) atoms. The first-order chi connectivity index (χ1) is 12.9. The highest BCUT2D eigenvalue weighted by Gasteiger charge is 2.57. The number of hydrogen-bond acceptors (Lipinski definition) is 3. The first-order valence-electron chi connectivity index (χ1n) is 9.40. The van der Waals surface area contributed by atoms with Crippen LogP contribution in [0.15, 0.2) is 48.5 Å². The van der Waals surface area contributed by atoms with Crippen molar-refractivity contribution in [3.8, 4) is 5.75 Å². The Hall–Kier alpha value is -2.75. The largest absolute Gasteiger partial charge is 0.497 e. The second-order valence-corrected chi connectivity index (χ2v) is 7.97. The summed E-state index contributed by atoms with van der Waals surface area (Å²) < 4.78 is 5.24. The molecular weight excluding hydrogens is 336 g/mol. The fourth-order valence-electron chi connectivity index (χ4n) is 4.40. The van der Waals surface area contributed by atoms with Crippen LogP contribution >= 0.6 is 0 Å². The third-order valence-electron chi connectivity index (χ3n) is 6.02. The van der Waals surface area contributed by atoms with E-state index < -0.39 is 5.66 Å². The van der Waals surface area contributed by atoms with E-state index in [0.29, 0.717) is 6.42 Å². The van der Waals surface area contributed by atoms with E-state index in [2.05, 4.69) is 61.3 Å². The van der Waals surface area contributed by atoms with Gasteiger partial charge in [0.05, 0.1) is 7.11 Å². The minimum absolute atomic E-state index is 0.100. The van der Waals surface area contributed by atoms with Gasteiger partial charge < -0.3 is 15.0 Å². The zero-order valence-electron chi connectivity index (χ0n) is 16.4. The van der Waals surface area contributed by atoms with Crippen molar-refractivity contribution in [2.45, 2.75) is 38.3 Å². The zero-order valence-corrected chi connectivity index (χ0v) is 16.4. The van der Waals surface area contributed by atoms with Crippen LogP contribution in [0.2, 0.25) is 0 Å². The maximum absolute atomic E-state index is 12.4. The number of aryl methyl sites for hydroxylation is 1. The summed E-state index contributed by atoms with van der Waals surface area (Å²) in [7, 11) is 1.67. The lowest BCUT2D eigenvalue weighted by molar-refractivity contribution is -0.124. The van der Waals surface area contributed by atoms with Crippen molar-refractivity contribution in [2.24, 2.45) is 0 Å². The number of rotatable bonds is 3. The molecule has 2 heterocycles. The highest BCUT2D eigenvalue weighted by molar-refractivity contribution is 5.84. The number of nitrogens with one attached hydrogen (secondary N) is 1. The Kier molecular flexibility index (Phi) is 4.02. The molecule has 0 saturated carbocycles. The average Bonchev–Trinajstić information content (AvgIpc) is 2.84. The van der Waals surface area contributed by atoms with Crippen LogP contribution in [-0.2, 0) is 10.2 Å². The number of benzene rings is 2. The van der Waals surface area contributed by atoms with Gasteiger partial charge in [0.2, 0.25) is 5.91 Å². The predicted octanol–water partition coefficient (Wildman–Crippen LogP) is 4.03. The lowest BCUT2D eigenvalue weighted by atomic mass is 9.74. The van der Waals surface area contributed by atoms with Crippen LogP contribution in [0.1, 0.15) is 37.0 Å². The van der Waals surface area contributed by atoms with Crippen LogP contribution in [-0.4, -0.2) is 25.2 Å². The van der Waals surface area contributed by atoms with Crippen molar-refractivity contribution in [1.82, 2.24) is 5.32 Å². The Balaban J connectivity index is 1.81. The van der Waals surface area contributed by atoms with Crippen LogP contribution in [0.4, 0.5) is 5.69 Å². The Bertz CT molecular complexity index is 914. The molecule has 2 aromatic rings. The topological polar surface area (TPSA) is 41.6 Å². The molecule has 2 aliphatic rings. The molecule has 0 aliphatic carbocycles. The third-order valence-corrected chi connectivity index (χ3v) is 6.02. The number of hydrogen-bond donors (Lipinski definition) is 1. The van der Waals surface area contributed by atoms with E-state index in [4.69, 9.17) is 4.74 Å². The van der Waals surface area contributed by atoms with Crippen molar-refractivity contribution in [2.75, 3.05) is 18.6 Å². The van der Waals surface area contributed by atoms with Gasteiger partial charge in [-0.1, -0.05) is 49.8 Å². The monoisotopic (exact) mass is 362 g/mol. The number of nitrogens with zero attached hydrogens (tertiary/aromatic N) is 1. The molecular formula is C23H26N2O2. The van der Waals surface area contributed by atoms with Gasteiger partial charge in [-0.05, 0) is 42.3 Å². The molecule has 0 spiro atoms. The normalized spacial score (nSPS) is 23.1. The molecule has 1 amide bonds. The van der Waals surface area contributed by atoms with Crippen LogP contribution in [0.5, 0.6) is 5.75 Å². The van der Waals surface area contributed by atoms with Gasteiger partial charge >= 0.3 is 0 Å². The average molecular weight is 362 g/mol. The molecule has 0 aromatic heterocycles. The number of anilines is 1. The third kappa shape index (κ3) is 2.62. The van der Waals surface area contributed by atoms with E-state index >= 15 is 0 Å². The molecule has 140 valence electrons. The summed E-state index contributed by atoms with van der Waals surface area (Å²) in [5.74, 6) is 0.935. The fourth-order valence-corrected chi connectivity index (χ4v) is 4.40. The molecule has 2 aromatic carbocycles. The molecule has 1 N–H and O–H groups in total. The number of carbonyl (C=O) groups excluding carboxylic acids is 1. The molecule has 4 nitrogen and oxygen atoms in total. The van der Waals surface area contributed by atoms with E-state index in [1.165, 1.54) is 16.8 Å². The lowest BCUT2D eigenvalue weighted by Gasteiger charge is -2.49. The van der Waals surface area contributed by atoms with E-state index in [1.807, 2.05) is 24.3 Å². The Labute approximate surface area is 160 Å². The van der Waals surface area contributed by atoms with Crippen LogP contribution < -0.4 is 15.0 Å². The van der Waals surface area contributed by atoms with Gasteiger partial charge in [-0.15, -0.1) is 0 Å². The molecule has 4 heteroatoms. The van der Waals surface area contributed by atoms with Crippen LogP contribution in [0.3, 0.4) is 0 Å². The zero-order chi connectivity index (χ0) is 19.2. The van der Waals surface area contributed by atoms with E-state index in [1.54, 1.807) is 7.11 Å². The molecule has 0 bridgehead atoms. The fraction of sp³-hybridized carbons (Fsp3) is 0.348. The van der Waals surface area contributed by atoms with Gasteiger partial charge in [-0.3, -0.25) is 4.79 Å². The van der Waals surface area contributed by atoms with Crippen molar-refractivity contribution in [3.63, 3.8) is 0 Å². The molecule has 2 aliphatic heterocycles. The smallest absolute Gasteiger partial charge is 0.223 e. The second-order valence-electron chi connectivity index (χ2n) is 7.97. The van der Waals surface area contributed by atoms with Gasteiger partial charge in [-0.2, -0.15) is 0 Å². The lowest BCUT2D eigenvalue weighted by Crippen LogP contribution is -2.68. The Morgan fingerprint density at radius 3 is 2.59 bits per heavy atom. The summed E-state index contributed by atoms with van der Waals surface area (Å²) in [5, 5.41) is 3.32. The van der Waals surface area contributed by atoms with Crippen molar-refractivity contribution < 1.29 is 9.53 Å². The number of methoxy groups -OCH3 is 1. The van der Waals surface area contributed by atoms with Crippen molar-refractivity contribution >= 4 is 17.7 Å². The van der Waals surface area contributed by atoms with Gasteiger partial charge in [-0.25, -0.2) is 0 Å². The highest BCUT2D eigenvalue weighted by atomic mass is 16.5. The van der Waals surface area contributed by atoms with Gasteiger partial charge in [0.25, 0.3) is 0 Å². The minimum atomic E-state index is -0.571. The SMILES string of the molecule is COc1ccc(C=CC23NC(=O)CCN2c2ccc(C)cc2C3(C)C)cc1. The van der Waals surface area contributed by atoms with E-state index in [0.717, 1.165) is 17.9 Å². The van der Waals surface area contributed by atoms with Gasteiger partial charge in [0, 0.05) is 24.1 Å². The number of carbonyl (C=O) groups is 1. The highest BCUT2D eigenvalue weighted by Crippen LogP contribution is 2.52. The summed E-state index contributed by atoms with van der Waals surface area (Å²) in [4.78, 5) is 14.8. The van der Waals surface area contributed by atoms with E-state index in [9.17, 15) is 4.79 Å². The summed E-state index contributed by atoms with van der Waals surface area (Å²) in [6, 6.07) is 14.5. The number of ether oxygens (including phenoxy) is 1. The molecule has 1 fully saturated rings. The number of amides is 1. The molecule has 1 atom stereocenters. The number of fused-ring (bicyclic) bond motifs is 3. The minimum Gasteiger partial charge on any atom is -0.497 e. The van der Waals surface area contributed by atoms with Crippen LogP contribution in [0, 0.1) is 6.92 Å². The van der Waals surface area contributed by atoms with E-state index in [-0.39, 0.29) is 11.3 Å². The molecule has 4 rings (SSSR count). The summed E-state index contributed by atoms with van der Waals surface area (Å²) in [5.41, 5.74) is 3.98. The first-order valence-corrected chi connectivity index (χ1v) is 9.40. The van der Waals surface area contributed by atoms with Gasteiger partial charge in [0.1, 0.15) is 11.4 Å². The summed E-state index contributed by atoms with van der Waals surface area (Å²) in [6.07, 6.45) is 4.77. The second kappa shape index (κ2) is 6.15. The maximum atomic E-state index is 12.4. The molecule has 1 unspecified atom stereocenters. The quantitative estimate of drug-likeness (QED) is 0.896. The first kappa shape index (κ1) is 17.7.